The summed E-state index contributed by atoms with van der Waals surface area (Å²) in [5, 5.41) is 2.65. The summed E-state index contributed by atoms with van der Waals surface area (Å²) >= 11 is 1.93. The molecule has 0 N–H and O–H groups in total. The smallest absolute Gasteiger partial charge is 0.134 e. The number of benzene rings is 3. The molecule has 3 aromatic carbocycles. The second kappa shape index (κ2) is 12.9. The van der Waals surface area contributed by atoms with Crippen LogP contribution >= 0.6 is 11.3 Å². The van der Waals surface area contributed by atoms with Crippen LogP contribution in [0.15, 0.2) is 65.1 Å². The van der Waals surface area contributed by atoms with E-state index in [4.69, 9.17) is 4.42 Å². The number of hydrogen-bond acceptors (Lipinski definition) is 2. The van der Waals surface area contributed by atoms with E-state index in [1.807, 2.05) is 23.5 Å². The molecule has 2 heterocycles. The largest absolute Gasteiger partial charge is 0.460 e. The third-order valence-electron chi connectivity index (χ3n) is 8.39. The SMILES string of the molecule is Cc1c(C(C)(C)C)oc2ccccc12.Cc1c(C(C)(C)C)sc2ccccc12.Cc1cc(C(C)(C)C)cc(C(C)(C)C)c1C. The van der Waals surface area contributed by atoms with Crippen LogP contribution in [0, 0.1) is 27.7 Å². The first kappa shape index (κ1) is 35.6. The Morgan fingerprint density at radius 2 is 1.07 bits per heavy atom. The van der Waals surface area contributed by atoms with Gasteiger partial charge in [0.05, 0.1) is 0 Å². The van der Waals surface area contributed by atoms with Gasteiger partial charge in [-0.1, -0.05) is 132 Å². The molecular weight excluding hydrogens is 553 g/mol. The third kappa shape index (κ3) is 8.25. The molecule has 0 atom stereocenters. The van der Waals surface area contributed by atoms with Gasteiger partial charge in [0.2, 0.25) is 0 Å². The van der Waals surface area contributed by atoms with E-state index in [2.05, 4.69) is 159 Å². The maximum atomic E-state index is 5.86. The molecule has 0 fully saturated rings. The molecule has 0 saturated heterocycles. The topological polar surface area (TPSA) is 13.1 Å². The van der Waals surface area contributed by atoms with E-state index in [1.54, 1.807) is 0 Å². The molecule has 0 unspecified atom stereocenters. The first-order valence-corrected chi connectivity index (χ1v) is 16.9. The second-order valence-corrected chi connectivity index (χ2v) is 17.6. The molecule has 0 aliphatic heterocycles. The molecular formula is C42H58OS. The normalized spacial score (nSPS) is 12.5. The molecule has 44 heavy (non-hydrogen) atoms. The van der Waals surface area contributed by atoms with Crippen molar-refractivity contribution in [1.29, 1.82) is 0 Å². The van der Waals surface area contributed by atoms with Crippen LogP contribution in [0.1, 0.15) is 127 Å². The maximum absolute atomic E-state index is 5.86. The highest BCUT2D eigenvalue weighted by Crippen LogP contribution is 2.38. The van der Waals surface area contributed by atoms with Gasteiger partial charge in [0, 0.05) is 20.4 Å². The Labute approximate surface area is 273 Å². The Bertz CT molecular complexity index is 1620. The summed E-state index contributed by atoms with van der Waals surface area (Å²) in [5.74, 6) is 1.10. The fraction of sp³-hybridized carbons (Fsp3) is 0.476. The summed E-state index contributed by atoms with van der Waals surface area (Å²) in [7, 11) is 0. The van der Waals surface area contributed by atoms with Gasteiger partial charge in [0.15, 0.2) is 0 Å². The van der Waals surface area contributed by atoms with Gasteiger partial charge in [-0.05, 0) is 94.8 Å². The van der Waals surface area contributed by atoms with Crippen molar-refractivity contribution in [2.75, 3.05) is 0 Å². The van der Waals surface area contributed by atoms with E-state index >= 15 is 0 Å². The predicted octanol–water partition coefficient (Wildman–Crippen LogP) is 13.4. The summed E-state index contributed by atoms with van der Waals surface area (Å²) in [6, 6.07) is 21.6. The zero-order valence-electron chi connectivity index (χ0n) is 30.6. The lowest BCUT2D eigenvalue weighted by molar-refractivity contribution is 0.426. The Morgan fingerprint density at radius 3 is 1.55 bits per heavy atom. The van der Waals surface area contributed by atoms with Gasteiger partial charge in [-0.15, -0.1) is 11.3 Å². The summed E-state index contributed by atoms with van der Waals surface area (Å²) in [6.45, 7) is 35.9. The van der Waals surface area contributed by atoms with Gasteiger partial charge < -0.3 is 4.42 Å². The first-order valence-electron chi connectivity index (χ1n) is 16.1. The van der Waals surface area contributed by atoms with Crippen molar-refractivity contribution in [2.45, 2.75) is 132 Å². The van der Waals surface area contributed by atoms with Crippen LogP contribution in [-0.4, -0.2) is 0 Å². The minimum absolute atomic E-state index is 0.0864. The van der Waals surface area contributed by atoms with E-state index in [1.165, 1.54) is 53.7 Å². The molecule has 0 aliphatic carbocycles. The Balaban J connectivity index is 0.000000181. The summed E-state index contributed by atoms with van der Waals surface area (Å²) in [6.07, 6.45) is 0. The minimum Gasteiger partial charge on any atom is -0.460 e. The van der Waals surface area contributed by atoms with Crippen LogP contribution in [0.2, 0.25) is 0 Å². The minimum atomic E-state index is 0.0864. The lowest BCUT2D eigenvalue weighted by atomic mass is 9.77. The Morgan fingerprint density at radius 1 is 0.523 bits per heavy atom. The number of aryl methyl sites for hydroxylation is 3. The van der Waals surface area contributed by atoms with Crippen molar-refractivity contribution in [2.24, 2.45) is 0 Å². The molecule has 0 amide bonds. The molecule has 0 bridgehead atoms. The third-order valence-corrected chi connectivity index (χ3v) is 10.1. The molecule has 0 saturated carbocycles. The van der Waals surface area contributed by atoms with Gasteiger partial charge in [-0.2, -0.15) is 0 Å². The van der Waals surface area contributed by atoms with Gasteiger partial charge in [0.25, 0.3) is 0 Å². The zero-order valence-corrected chi connectivity index (χ0v) is 31.4. The number of rotatable bonds is 0. The van der Waals surface area contributed by atoms with E-state index < -0.39 is 0 Å². The first-order chi connectivity index (χ1) is 20.0. The lowest BCUT2D eigenvalue weighted by Crippen LogP contribution is -2.18. The molecule has 5 aromatic rings. The summed E-state index contributed by atoms with van der Waals surface area (Å²) in [5.41, 5.74) is 10.3. The van der Waals surface area contributed by atoms with E-state index in [0.717, 1.165) is 11.3 Å². The summed E-state index contributed by atoms with van der Waals surface area (Å²) < 4.78 is 7.28. The fourth-order valence-electron chi connectivity index (χ4n) is 5.85. The van der Waals surface area contributed by atoms with Crippen LogP contribution in [0.5, 0.6) is 0 Å². The van der Waals surface area contributed by atoms with Gasteiger partial charge in [-0.3, -0.25) is 0 Å². The highest BCUT2D eigenvalue weighted by Gasteiger charge is 2.23. The average molecular weight is 611 g/mol. The maximum Gasteiger partial charge on any atom is 0.134 e. The van der Waals surface area contributed by atoms with Crippen molar-refractivity contribution in [3.05, 3.63) is 105 Å². The molecule has 0 radical (unpaired) electrons. The van der Waals surface area contributed by atoms with Crippen molar-refractivity contribution < 1.29 is 4.42 Å². The van der Waals surface area contributed by atoms with Gasteiger partial charge in [-0.25, -0.2) is 0 Å². The molecule has 0 aliphatic rings. The number of thiophene rings is 1. The highest BCUT2D eigenvalue weighted by molar-refractivity contribution is 7.19. The number of fused-ring (bicyclic) bond motifs is 2. The fourth-order valence-corrected chi connectivity index (χ4v) is 7.12. The van der Waals surface area contributed by atoms with Gasteiger partial charge >= 0.3 is 0 Å². The molecule has 2 aromatic heterocycles. The van der Waals surface area contributed by atoms with Crippen LogP contribution in [0.25, 0.3) is 21.1 Å². The predicted molar refractivity (Wildman–Crippen MR) is 198 cm³/mol. The van der Waals surface area contributed by atoms with Crippen molar-refractivity contribution in [3.8, 4) is 0 Å². The van der Waals surface area contributed by atoms with Crippen LogP contribution in [0.3, 0.4) is 0 Å². The molecule has 0 spiro atoms. The van der Waals surface area contributed by atoms with Crippen molar-refractivity contribution in [3.63, 3.8) is 0 Å². The molecule has 2 heteroatoms. The highest BCUT2D eigenvalue weighted by atomic mass is 32.1. The molecule has 5 rings (SSSR count). The Hall–Kier alpha value is -2.84. The lowest BCUT2D eigenvalue weighted by Gasteiger charge is -2.28. The van der Waals surface area contributed by atoms with Crippen LogP contribution in [0.4, 0.5) is 0 Å². The quantitative estimate of drug-likeness (QED) is 0.170. The van der Waals surface area contributed by atoms with Crippen molar-refractivity contribution in [1.82, 2.24) is 0 Å². The van der Waals surface area contributed by atoms with E-state index in [0.29, 0.717) is 0 Å². The van der Waals surface area contributed by atoms with Crippen molar-refractivity contribution >= 4 is 32.4 Å². The van der Waals surface area contributed by atoms with Gasteiger partial charge in [0.1, 0.15) is 11.3 Å². The average Bonchev–Trinajstić information content (AvgIpc) is 3.42. The molecule has 1 nitrogen and oxygen atoms in total. The van der Waals surface area contributed by atoms with Crippen LogP contribution < -0.4 is 0 Å². The number of furan rings is 1. The second-order valence-electron chi connectivity index (χ2n) is 16.6. The number of hydrogen-bond donors (Lipinski definition) is 0. The summed E-state index contributed by atoms with van der Waals surface area (Å²) in [4.78, 5) is 1.51. The Kier molecular flexibility index (Phi) is 10.4. The van der Waals surface area contributed by atoms with E-state index in [9.17, 15) is 0 Å². The van der Waals surface area contributed by atoms with Crippen LogP contribution in [-0.2, 0) is 21.7 Å². The molecule has 238 valence electrons. The standard InChI is InChI=1S/C16H26.C13H16O.C13H16S/c1-11-9-13(15(3,4)5)10-14(12(11)2)16(6,7)8;2*1-9-10-7-5-6-8-11(10)14-12(9)13(2,3)4/h9-10H,1-8H3;2*5-8H,1-4H3. The van der Waals surface area contributed by atoms with E-state index in [-0.39, 0.29) is 21.7 Å². The monoisotopic (exact) mass is 610 g/mol. The number of para-hydroxylation sites is 1. The zero-order chi connectivity index (χ0) is 33.4.